The Hall–Kier alpha value is -3.46. The van der Waals surface area contributed by atoms with Crippen molar-refractivity contribution >= 4 is 34.9 Å². The Bertz CT molecular complexity index is 1090. The highest BCUT2D eigenvalue weighted by Gasteiger charge is 2.21. The van der Waals surface area contributed by atoms with E-state index >= 15 is 0 Å². The summed E-state index contributed by atoms with van der Waals surface area (Å²) in [6.07, 6.45) is 1.56. The van der Waals surface area contributed by atoms with Crippen LogP contribution in [0.1, 0.15) is 0 Å². The number of thioether (sulfide) groups is 1. The van der Waals surface area contributed by atoms with Crippen molar-refractivity contribution in [3.8, 4) is 11.5 Å². The average molecular weight is 466 g/mol. The van der Waals surface area contributed by atoms with Crippen LogP contribution in [0.15, 0.2) is 66.0 Å². The van der Waals surface area contributed by atoms with E-state index in [1.165, 1.54) is 11.8 Å². The van der Waals surface area contributed by atoms with Gasteiger partial charge in [-0.05, 0) is 24.3 Å². The topological polar surface area (TPSA) is 79.8 Å². The van der Waals surface area contributed by atoms with Crippen molar-refractivity contribution in [2.45, 2.75) is 5.03 Å². The van der Waals surface area contributed by atoms with E-state index in [4.69, 9.17) is 9.47 Å². The van der Waals surface area contributed by atoms with E-state index in [1.807, 2.05) is 48.5 Å². The Kier molecular flexibility index (Phi) is 7.51. The van der Waals surface area contributed by atoms with Crippen LogP contribution in [0.4, 0.5) is 17.2 Å². The number of nitrogens with one attached hydrogen (secondary N) is 1. The summed E-state index contributed by atoms with van der Waals surface area (Å²) in [7, 11) is 3.28. The van der Waals surface area contributed by atoms with Gasteiger partial charge in [-0.3, -0.25) is 4.79 Å². The molecule has 8 nitrogen and oxygen atoms in total. The van der Waals surface area contributed by atoms with Gasteiger partial charge in [-0.2, -0.15) is 0 Å². The molecule has 1 aliphatic heterocycles. The first kappa shape index (κ1) is 22.7. The van der Waals surface area contributed by atoms with Crippen molar-refractivity contribution in [2.24, 2.45) is 0 Å². The van der Waals surface area contributed by atoms with Gasteiger partial charge in [0.05, 0.1) is 31.3 Å². The van der Waals surface area contributed by atoms with Crippen LogP contribution in [0.3, 0.4) is 0 Å². The molecule has 0 bridgehead atoms. The number of benzene rings is 2. The number of hydrogen-bond donors (Lipinski definition) is 1. The fraction of sp³-hybridized carbons (Fsp3) is 0.292. The molecule has 1 aromatic heterocycles. The molecular weight excluding hydrogens is 438 g/mol. The third-order valence-corrected chi connectivity index (χ3v) is 6.31. The number of amides is 1. The Morgan fingerprint density at radius 1 is 0.939 bits per heavy atom. The zero-order valence-corrected chi connectivity index (χ0v) is 19.5. The molecule has 1 N–H and O–H groups in total. The monoisotopic (exact) mass is 465 g/mol. The van der Waals surface area contributed by atoms with Crippen molar-refractivity contribution in [3.05, 3.63) is 60.9 Å². The molecule has 4 rings (SSSR count). The average Bonchev–Trinajstić information content (AvgIpc) is 2.88. The molecular formula is C24H27N5O3S. The number of ether oxygens (including phenoxy) is 2. The number of piperazine rings is 1. The molecule has 1 fully saturated rings. The van der Waals surface area contributed by atoms with E-state index in [2.05, 4.69) is 31.2 Å². The lowest BCUT2D eigenvalue weighted by molar-refractivity contribution is -0.113. The summed E-state index contributed by atoms with van der Waals surface area (Å²) in [5.74, 6) is 2.52. The second kappa shape index (κ2) is 10.9. The van der Waals surface area contributed by atoms with Crippen LogP contribution >= 0.6 is 11.8 Å². The highest BCUT2D eigenvalue weighted by atomic mass is 32.2. The summed E-state index contributed by atoms with van der Waals surface area (Å²) in [6.45, 7) is 3.42. The molecule has 2 heterocycles. The summed E-state index contributed by atoms with van der Waals surface area (Å²) in [4.78, 5) is 25.8. The molecule has 9 heteroatoms. The fourth-order valence-corrected chi connectivity index (χ4v) is 4.38. The number of methoxy groups -OCH3 is 2. The zero-order chi connectivity index (χ0) is 23.0. The highest BCUT2D eigenvalue weighted by molar-refractivity contribution is 7.99. The van der Waals surface area contributed by atoms with Gasteiger partial charge in [0.25, 0.3) is 0 Å². The third-order valence-electron chi connectivity index (χ3n) is 5.39. The molecule has 1 saturated heterocycles. The first-order valence-corrected chi connectivity index (χ1v) is 11.7. The molecule has 2 aromatic carbocycles. The summed E-state index contributed by atoms with van der Waals surface area (Å²) in [5.41, 5.74) is 1.77. The fourth-order valence-electron chi connectivity index (χ4n) is 3.72. The molecule has 1 amide bonds. The van der Waals surface area contributed by atoms with Crippen LogP contribution in [0.2, 0.25) is 0 Å². The molecule has 0 unspecified atom stereocenters. The lowest BCUT2D eigenvalue weighted by Crippen LogP contribution is -2.47. The number of carbonyl (C=O) groups excluding carboxylic acids is 1. The van der Waals surface area contributed by atoms with Crippen LogP contribution in [-0.4, -0.2) is 62.0 Å². The van der Waals surface area contributed by atoms with Crippen LogP contribution in [0, 0.1) is 0 Å². The van der Waals surface area contributed by atoms with E-state index in [9.17, 15) is 4.79 Å². The molecule has 0 aliphatic carbocycles. The number of aromatic nitrogens is 2. The highest BCUT2D eigenvalue weighted by Crippen LogP contribution is 2.29. The van der Waals surface area contributed by atoms with Crippen molar-refractivity contribution in [1.82, 2.24) is 9.97 Å². The summed E-state index contributed by atoms with van der Waals surface area (Å²) in [6, 6.07) is 17.4. The van der Waals surface area contributed by atoms with Gasteiger partial charge in [0.2, 0.25) is 5.91 Å². The summed E-state index contributed by atoms with van der Waals surface area (Å²) < 4.78 is 10.8. The van der Waals surface area contributed by atoms with Crippen LogP contribution in [0.5, 0.6) is 11.5 Å². The van der Waals surface area contributed by atoms with Crippen molar-refractivity contribution < 1.29 is 14.3 Å². The number of rotatable bonds is 8. The van der Waals surface area contributed by atoms with Gasteiger partial charge in [-0.25, -0.2) is 9.97 Å². The minimum atomic E-state index is -0.116. The Morgan fingerprint density at radius 2 is 1.61 bits per heavy atom. The molecule has 0 saturated carbocycles. The first-order valence-electron chi connectivity index (χ1n) is 10.7. The molecule has 33 heavy (non-hydrogen) atoms. The van der Waals surface area contributed by atoms with E-state index in [0.717, 1.165) is 48.5 Å². The minimum Gasteiger partial charge on any atom is -0.495 e. The van der Waals surface area contributed by atoms with Gasteiger partial charge < -0.3 is 24.6 Å². The van der Waals surface area contributed by atoms with Gasteiger partial charge in [-0.15, -0.1) is 0 Å². The number of carbonyl (C=O) groups is 1. The van der Waals surface area contributed by atoms with Crippen LogP contribution in [-0.2, 0) is 4.79 Å². The SMILES string of the molecule is COc1ccccc1NC(=O)CSc1cc(N2CCN(c3ccccc3OC)CC2)ncn1. The molecule has 0 radical (unpaired) electrons. The Morgan fingerprint density at radius 3 is 2.36 bits per heavy atom. The first-order chi connectivity index (χ1) is 16.2. The minimum absolute atomic E-state index is 0.116. The number of hydrogen-bond acceptors (Lipinski definition) is 8. The maximum Gasteiger partial charge on any atom is 0.234 e. The number of para-hydroxylation sites is 4. The zero-order valence-electron chi connectivity index (χ0n) is 18.7. The smallest absolute Gasteiger partial charge is 0.234 e. The Labute approximate surface area is 197 Å². The van der Waals surface area contributed by atoms with Crippen LogP contribution in [0.25, 0.3) is 0 Å². The quantitative estimate of drug-likeness (QED) is 0.400. The van der Waals surface area contributed by atoms with Gasteiger partial charge >= 0.3 is 0 Å². The predicted molar refractivity (Wildman–Crippen MR) is 132 cm³/mol. The van der Waals surface area contributed by atoms with Crippen molar-refractivity contribution in [3.63, 3.8) is 0 Å². The lowest BCUT2D eigenvalue weighted by atomic mass is 10.2. The number of anilines is 3. The second-order valence-corrected chi connectivity index (χ2v) is 8.39. The molecule has 0 atom stereocenters. The van der Waals surface area contributed by atoms with Gasteiger partial charge in [-0.1, -0.05) is 36.0 Å². The van der Waals surface area contributed by atoms with Crippen LogP contribution < -0.4 is 24.6 Å². The van der Waals surface area contributed by atoms with Gasteiger partial charge in [0.1, 0.15) is 28.7 Å². The largest absolute Gasteiger partial charge is 0.495 e. The Balaban J connectivity index is 1.32. The second-order valence-electron chi connectivity index (χ2n) is 7.40. The summed E-state index contributed by atoms with van der Waals surface area (Å²) in [5, 5.41) is 3.65. The molecule has 0 spiro atoms. The molecule has 172 valence electrons. The van der Waals surface area contributed by atoms with E-state index in [0.29, 0.717) is 11.4 Å². The van der Waals surface area contributed by atoms with E-state index in [1.54, 1.807) is 20.5 Å². The molecule has 1 aliphatic rings. The predicted octanol–water partition coefficient (Wildman–Crippen LogP) is 3.55. The van der Waals surface area contributed by atoms with E-state index in [-0.39, 0.29) is 11.7 Å². The lowest BCUT2D eigenvalue weighted by Gasteiger charge is -2.37. The van der Waals surface area contributed by atoms with Crippen molar-refractivity contribution in [1.29, 1.82) is 0 Å². The number of nitrogens with zero attached hydrogens (tertiary/aromatic N) is 4. The van der Waals surface area contributed by atoms with Crippen molar-refractivity contribution in [2.75, 3.05) is 61.3 Å². The molecule has 3 aromatic rings. The standard InChI is InChI=1S/C24H27N5O3S/c1-31-20-9-5-3-7-18(20)27-23(30)16-33-24-15-22(25-17-26-24)29-13-11-28(12-14-29)19-8-4-6-10-21(19)32-2/h3-10,15,17H,11-14,16H2,1-2H3,(H,27,30). The van der Waals surface area contributed by atoms with Gasteiger partial charge in [0.15, 0.2) is 0 Å². The summed E-state index contributed by atoms with van der Waals surface area (Å²) >= 11 is 1.38. The van der Waals surface area contributed by atoms with Gasteiger partial charge in [0, 0.05) is 32.2 Å². The van der Waals surface area contributed by atoms with E-state index < -0.39 is 0 Å². The normalized spacial score (nSPS) is 13.5. The third kappa shape index (κ3) is 5.67. The maximum atomic E-state index is 12.4. The maximum absolute atomic E-state index is 12.4.